The molecule has 0 aliphatic carbocycles. The monoisotopic (exact) mass is 259 g/mol. The Morgan fingerprint density at radius 2 is 2.47 bits per heavy atom. The Morgan fingerprint density at radius 1 is 1.71 bits per heavy atom. The van der Waals surface area contributed by atoms with Crippen molar-refractivity contribution in [1.29, 1.82) is 0 Å². The maximum Gasteiger partial charge on any atom is 0.276 e. The summed E-state index contributed by atoms with van der Waals surface area (Å²) in [6.07, 6.45) is 3.41. The molecule has 2 heterocycles. The molecule has 5 nitrogen and oxygen atoms in total. The van der Waals surface area contributed by atoms with Gasteiger partial charge in [0.1, 0.15) is 6.26 Å². The normalized spacial score (nSPS) is 24.2. The van der Waals surface area contributed by atoms with Crippen LogP contribution in [0.4, 0.5) is 0 Å². The van der Waals surface area contributed by atoms with E-state index in [9.17, 15) is 4.79 Å². The van der Waals surface area contributed by atoms with Crippen molar-refractivity contribution in [2.75, 3.05) is 13.1 Å². The first-order valence-corrected chi connectivity index (χ1v) is 5.63. The number of hydrogen-bond donors (Lipinski definition) is 1. The molecule has 1 aromatic rings. The lowest BCUT2D eigenvalue weighted by Crippen LogP contribution is -2.49. The number of halogens is 1. The van der Waals surface area contributed by atoms with Crippen LogP contribution >= 0.6 is 12.4 Å². The van der Waals surface area contributed by atoms with Gasteiger partial charge in [0.15, 0.2) is 5.69 Å². The van der Waals surface area contributed by atoms with Crippen LogP contribution in [0.25, 0.3) is 0 Å². The number of aromatic nitrogens is 1. The van der Waals surface area contributed by atoms with Gasteiger partial charge in [0, 0.05) is 25.2 Å². The predicted octanol–water partition coefficient (Wildman–Crippen LogP) is 1.30. The Balaban J connectivity index is 0.00000144. The molecular weight excluding hydrogens is 242 g/mol. The molecule has 1 aromatic heterocycles. The van der Waals surface area contributed by atoms with E-state index < -0.39 is 0 Å². The molecule has 1 aliphatic heterocycles. The standard InChI is InChI=1S/C11H17N3O2.ClH/c1-8-2-4-14(9(6-8)7-12)11(15)10-3-5-16-13-10;/h3,5,8-9H,2,4,6-7,12H2,1H3;1H. The summed E-state index contributed by atoms with van der Waals surface area (Å²) in [5.41, 5.74) is 6.08. The average Bonchev–Trinajstić information content (AvgIpc) is 2.81. The zero-order chi connectivity index (χ0) is 11.5. The summed E-state index contributed by atoms with van der Waals surface area (Å²) < 4.78 is 4.69. The number of amides is 1. The molecule has 2 N–H and O–H groups in total. The van der Waals surface area contributed by atoms with Gasteiger partial charge >= 0.3 is 0 Å². The van der Waals surface area contributed by atoms with E-state index in [4.69, 9.17) is 5.73 Å². The van der Waals surface area contributed by atoms with E-state index in [1.54, 1.807) is 6.07 Å². The fraction of sp³-hybridized carbons (Fsp3) is 0.636. The SMILES string of the molecule is CC1CCN(C(=O)c2ccon2)C(CN)C1.Cl. The Kier molecular flexibility index (Phi) is 4.96. The third-order valence-electron chi connectivity index (χ3n) is 3.17. The van der Waals surface area contributed by atoms with E-state index in [2.05, 4.69) is 16.6 Å². The van der Waals surface area contributed by atoms with Crippen molar-refractivity contribution in [1.82, 2.24) is 10.1 Å². The summed E-state index contributed by atoms with van der Waals surface area (Å²) in [6, 6.07) is 1.72. The number of nitrogens with zero attached hydrogens (tertiary/aromatic N) is 2. The minimum atomic E-state index is -0.0731. The lowest BCUT2D eigenvalue weighted by atomic mass is 9.92. The van der Waals surface area contributed by atoms with Crippen LogP contribution in [0.5, 0.6) is 0 Å². The van der Waals surface area contributed by atoms with E-state index in [0.29, 0.717) is 18.2 Å². The number of nitrogens with two attached hydrogens (primary N) is 1. The van der Waals surface area contributed by atoms with Gasteiger partial charge in [-0.1, -0.05) is 12.1 Å². The highest BCUT2D eigenvalue weighted by Gasteiger charge is 2.30. The predicted molar refractivity (Wildman–Crippen MR) is 66.0 cm³/mol. The second-order valence-electron chi connectivity index (χ2n) is 4.40. The molecule has 0 bridgehead atoms. The lowest BCUT2D eigenvalue weighted by molar-refractivity contribution is 0.0563. The highest BCUT2D eigenvalue weighted by molar-refractivity contribution is 5.92. The van der Waals surface area contributed by atoms with Gasteiger partial charge in [-0.15, -0.1) is 12.4 Å². The molecule has 17 heavy (non-hydrogen) atoms. The minimum Gasteiger partial charge on any atom is -0.364 e. The third-order valence-corrected chi connectivity index (χ3v) is 3.17. The van der Waals surface area contributed by atoms with Crippen LogP contribution in [0, 0.1) is 5.92 Å². The first-order valence-electron chi connectivity index (χ1n) is 5.63. The van der Waals surface area contributed by atoms with E-state index in [1.807, 2.05) is 4.90 Å². The second kappa shape index (κ2) is 6.02. The van der Waals surface area contributed by atoms with Gasteiger partial charge in [0.2, 0.25) is 0 Å². The van der Waals surface area contributed by atoms with Crippen molar-refractivity contribution in [2.45, 2.75) is 25.8 Å². The van der Waals surface area contributed by atoms with E-state index in [1.165, 1.54) is 6.26 Å². The fourth-order valence-corrected chi connectivity index (χ4v) is 2.21. The van der Waals surface area contributed by atoms with Crippen molar-refractivity contribution in [3.63, 3.8) is 0 Å². The smallest absolute Gasteiger partial charge is 0.276 e. The van der Waals surface area contributed by atoms with Crippen molar-refractivity contribution < 1.29 is 9.32 Å². The topological polar surface area (TPSA) is 72.4 Å². The van der Waals surface area contributed by atoms with Crippen LogP contribution in [0.2, 0.25) is 0 Å². The molecule has 96 valence electrons. The van der Waals surface area contributed by atoms with Crippen molar-refractivity contribution in [3.05, 3.63) is 18.0 Å². The number of hydrogen-bond acceptors (Lipinski definition) is 4. The first kappa shape index (κ1) is 14.0. The second-order valence-corrected chi connectivity index (χ2v) is 4.40. The number of carbonyl (C=O) groups excluding carboxylic acids is 1. The van der Waals surface area contributed by atoms with Gasteiger partial charge < -0.3 is 15.2 Å². The molecule has 2 atom stereocenters. The molecule has 1 fully saturated rings. The Hall–Kier alpha value is -1.07. The molecule has 0 spiro atoms. The van der Waals surface area contributed by atoms with Crippen LogP contribution in [0.3, 0.4) is 0 Å². The highest BCUT2D eigenvalue weighted by Crippen LogP contribution is 2.23. The lowest BCUT2D eigenvalue weighted by Gasteiger charge is -2.37. The van der Waals surface area contributed by atoms with Gasteiger partial charge in [0.25, 0.3) is 5.91 Å². The molecule has 0 saturated carbocycles. The molecule has 6 heteroatoms. The zero-order valence-corrected chi connectivity index (χ0v) is 10.7. The summed E-state index contributed by atoms with van der Waals surface area (Å²) in [4.78, 5) is 13.9. The van der Waals surface area contributed by atoms with Crippen molar-refractivity contribution in [2.24, 2.45) is 11.7 Å². The molecule has 2 rings (SSSR count). The number of piperidine rings is 1. The first-order chi connectivity index (χ1) is 7.72. The average molecular weight is 260 g/mol. The number of rotatable bonds is 2. The van der Waals surface area contributed by atoms with Crippen LogP contribution in [-0.4, -0.2) is 35.1 Å². The molecular formula is C11H18ClN3O2. The molecule has 0 aromatic carbocycles. The zero-order valence-electron chi connectivity index (χ0n) is 9.83. The van der Waals surface area contributed by atoms with Crippen LogP contribution < -0.4 is 5.73 Å². The van der Waals surface area contributed by atoms with Gasteiger partial charge in [0.05, 0.1) is 0 Å². The molecule has 1 aliphatic rings. The maximum absolute atomic E-state index is 12.1. The largest absolute Gasteiger partial charge is 0.364 e. The molecule has 1 saturated heterocycles. The van der Waals surface area contributed by atoms with E-state index in [0.717, 1.165) is 19.4 Å². The number of likely N-dealkylation sites (tertiary alicyclic amines) is 1. The Morgan fingerprint density at radius 3 is 3.06 bits per heavy atom. The van der Waals surface area contributed by atoms with Crippen molar-refractivity contribution >= 4 is 18.3 Å². The fourth-order valence-electron chi connectivity index (χ4n) is 2.21. The summed E-state index contributed by atoms with van der Waals surface area (Å²) in [5, 5.41) is 3.67. The van der Waals surface area contributed by atoms with Gasteiger partial charge in [-0.25, -0.2) is 0 Å². The summed E-state index contributed by atoms with van der Waals surface area (Å²) in [5.74, 6) is 0.561. The Labute approximate surface area is 107 Å². The summed E-state index contributed by atoms with van der Waals surface area (Å²) >= 11 is 0. The van der Waals surface area contributed by atoms with Gasteiger partial charge in [-0.05, 0) is 18.8 Å². The molecule has 1 amide bonds. The molecule has 2 unspecified atom stereocenters. The number of carbonyl (C=O) groups is 1. The third kappa shape index (κ3) is 2.98. The highest BCUT2D eigenvalue weighted by atomic mass is 35.5. The summed E-state index contributed by atoms with van der Waals surface area (Å²) in [7, 11) is 0. The minimum absolute atomic E-state index is 0. The maximum atomic E-state index is 12.1. The summed E-state index contributed by atoms with van der Waals surface area (Å²) in [6.45, 7) is 3.46. The quantitative estimate of drug-likeness (QED) is 0.869. The van der Waals surface area contributed by atoms with Crippen LogP contribution in [0.1, 0.15) is 30.3 Å². The van der Waals surface area contributed by atoms with Crippen LogP contribution in [-0.2, 0) is 0 Å². The van der Waals surface area contributed by atoms with E-state index in [-0.39, 0.29) is 24.4 Å². The Bertz CT molecular complexity index is 356. The van der Waals surface area contributed by atoms with Gasteiger partial charge in [-0.3, -0.25) is 4.79 Å². The van der Waals surface area contributed by atoms with E-state index >= 15 is 0 Å². The van der Waals surface area contributed by atoms with Crippen LogP contribution in [0.15, 0.2) is 16.9 Å². The van der Waals surface area contributed by atoms with Crippen molar-refractivity contribution in [3.8, 4) is 0 Å². The molecule has 0 radical (unpaired) electrons. The van der Waals surface area contributed by atoms with Gasteiger partial charge in [-0.2, -0.15) is 0 Å².